The van der Waals surface area contributed by atoms with E-state index in [9.17, 15) is 4.79 Å². The number of benzene rings is 2. The molecule has 0 bridgehead atoms. The molecule has 0 aromatic heterocycles. The lowest BCUT2D eigenvalue weighted by Gasteiger charge is -2.10. The van der Waals surface area contributed by atoms with E-state index in [1.54, 1.807) is 7.11 Å². The number of aryl methyl sites for hydroxylation is 1. The number of hydrogen-bond acceptors (Lipinski definition) is 3. The van der Waals surface area contributed by atoms with Crippen LogP contribution < -0.4 is 4.74 Å². The first kappa shape index (κ1) is 13.4. The Kier molecular flexibility index (Phi) is 4.39. The number of carbonyl (C=O) groups excluding carboxylic acids is 1. The van der Waals surface area contributed by atoms with Crippen LogP contribution in [0.4, 0.5) is 0 Å². The second-order valence-electron chi connectivity index (χ2n) is 4.28. The molecule has 0 radical (unpaired) electrons. The fourth-order valence-corrected chi connectivity index (χ4v) is 2.20. The van der Waals surface area contributed by atoms with Gasteiger partial charge in [-0.3, -0.25) is 4.79 Å². The van der Waals surface area contributed by atoms with Crippen molar-refractivity contribution in [2.45, 2.75) is 19.8 Å². The van der Waals surface area contributed by atoms with Gasteiger partial charge in [-0.15, -0.1) is 0 Å². The molecule has 0 heterocycles. The predicted octanol–water partition coefficient (Wildman–Crippen LogP) is 3.34. The van der Waals surface area contributed by atoms with Crippen molar-refractivity contribution in [3.63, 3.8) is 0 Å². The van der Waals surface area contributed by atoms with Crippen LogP contribution in [0.15, 0.2) is 36.4 Å². The maximum Gasteiger partial charge on any atom is 0.306 e. The molecule has 0 unspecified atom stereocenters. The highest BCUT2D eigenvalue weighted by Crippen LogP contribution is 2.28. The number of fused-ring (bicyclic) bond motifs is 1. The molecular formula is C16H18O3. The molecule has 0 N–H and O–H groups in total. The van der Waals surface area contributed by atoms with Crippen molar-refractivity contribution in [1.29, 1.82) is 0 Å². The average Bonchev–Trinajstić information content (AvgIpc) is 2.45. The molecular weight excluding hydrogens is 240 g/mol. The highest BCUT2D eigenvalue weighted by molar-refractivity contribution is 5.91. The third-order valence-electron chi connectivity index (χ3n) is 3.10. The number of carbonyl (C=O) groups is 1. The first-order valence-electron chi connectivity index (χ1n) is 6.46. The van der Waals surface area contributed by atoms with Gasteiger partial charge in [0.2, 0.25) is 0 Å². The maximum absolute atomic E-state index is 11.4. The van der Waals surface area contributed by atoms with Gasteiger partial charge in [0, 0.05) is 11.8 Å². The molecule has 0 amide bonds. The molecule has 2 rings (SSSR count). The van der Waals surface area contributed by atoms with E-state index in [2.05, 4.69) is 6.07 Å². The van der Waals surface area contributed by atoms with Crippen LogP contribution in [0.25, 0.3) is 10.8 Å². The molecule has 0 spiro atoms. The summed E-state index contributed by atoms with van der Waals surface area (Å²) in [5, 5.41) is 2.21. The maximum atomic E-state index is 11.4. The van der Waals surface area contributed by atoms with E-state index in [1.165, 1.54) is 0 Å². The van der Waals surface area contributed by atoms with Gasteiger partial charge in [-0.1, -0.05) is 30.3 Å². The Balaban J connectivity index is 2.27. The lowest BCUT2D eigenvalue weighted by Crippen LogP contribution is -2.05. The van der Waals surface area contributed by atoms with Gasteiger partial charge in [-0.25, -0.2) is 0 Å². The molecule has 19 heavy (non-hydrogen) atoms. The number of methoxy groups -OCH3 is 1. The van der Waals surface area contributed by atoms with Gasteiger partial charge < -0.3 is 9.47 Å². The Bertz CT molecular complexity index is 575. The molecule has 3 heteroatoms. The Morgan fingerprint density at radius 1 is 1.11 bits per heavy atom. The average molecular weight is 258 g/mol. The van der Waals surface area contributed by atoms with Crippen molar-refractivity contribution in [2.24, 2.45) is 0 Å². The third-order valence-corrected chi connectivity index (χ3v) is 3.10. The van der Waals surface area contributed by atoms with Crippen molar-refractivity contribution < 1.29 is 14.3 Å². The zero-order valence-corrected chi connectivity index (χ0v) is 11.3. The van der Waals surface area contributed by atoms with Gasteiger partial charge in [0.15, 0.2) is 0 Å². The minimum atomic E-state index is -0.151. The first-order chi connectivity index (χ1) is 9.26. The number of ether oxygens (including phenoxy) is 2. The molecule has 0 atom stereocenters. The van der Waals surface area contributed by atoms with Gasteiger partial charge in [0.1, 0.15) is 5.75 Å². The minimum Gasteiger partial charge on any atom is -0.496 e. The van der Waals surface area contributed by atoms with Gasteiger partial charge in [-0.05, 0) is 30.4 Å². The predicted molar refractivity (Wildman–Crippen MR) is 75.5 cm³/mol. The second kappa shape index (κ2) is 6.23. The van der Waals surface area contributed by atoms with E-state index in [4.69, 9.17) is 9.47 Å². The normalized spacial score (nSPS) is 10.4. The van der Waals surface area contributed by atoms with Crippen LogP contribution in [0.3, 0.4) is 0 Å². The Labute approximate surface area is 113 Å². The van der Waals surface area contributed by atoms with Gasteiger partial charge in [0.25, 0.3) is 0 Å². The monoisotopic (exact) mass is 258 g/mol. The van der Waals surface area contributed by atoms with Crippen molar-refractivity contribution in [2.75, 3.05) is 13.7 Å². The molecule has 0 aliphatic rings. The van der Waals surface area contributed by atoms with E-state index < -0.39 is 0 Å². The molecule has 0 fully saturated rings. The van der Waals surface area contributed by atoms with Crippen LogP contribution in [-0.2, 0) is 16.0 Å². The lowest BCUT2D eigenvalue weighted by molar-refractivity contribution is -0.143. The first-order valence-corrected chi connectivity index (χ1v) is 6.46. The van der Waals surface area contributed by atoms with Crippen molar-refractivity contribution in [3.8, 4) is 5.75 Å². The van der Waals surface area contributed by atoms with Gasteiger partial charge in [0.05, 0.1) is 13.7 Å². The van der Waals surface area contributed by atoms with Crippen LogP contribution >= 0.6 is 0 Å². The second-order valence-corrected chi connectivity index (χ2v) is 4.28. The van der Waals surface area contributed by atoms with E-state index in [-0.39, 0.29) is 5.97 Å². The Hall–Kier alpha value is -2.03. The van der Waals surface area contributed by atoms with E-state index >= 15 is 0 Å². The van der Waals surface area contributed by atoms with Crippen LogP contribution in [0.5, 0.6) is 5.75 Å². The highest BCUT2D eigenvalue weighted by atomic mass is 16.5. The summed E-state index contributed by atoms with van der Waals surface area (Å²) >= 11 is 0. The van der Waals surface area contributed by atoms with Gasteiger partial charge in [-0.2, -0.15) is 0 Å². The minimum absolute atomic E-state index is 0.151. The van der Waals surface area contributed by atoms with E-state index in [0.29, 0.717) is 19.4 Å². The van der Waals surface area contributed by atoms with Crippen molar-refractivity contribution in [1.82, 2.24) is 0 Å². The van der Waals surface area contributed by atoms with Crippen LogP contribution in [0.1, 0.15) is 18.9 Å². The zero-order chi connectivity index (χ0) is 13.7. The summed E-state index contributed by atoms with van der Waals surface area (Å²) in [4.78, 5) is 11.4. The third kappa shape index (κ3) is 3.05. The molecule has 3 nitrogen and oxygen atoms in total. The number of hydrogen-bond donors (Lipinski definition) is 0. The topological polar surface area (TPSA) is 35.5 Å². The van der Waals surface area contributed by atoms with Crippen LogP contribution in [0, 0.1) is 0 Å². The Morgan fingerprint density at radius 3 is 2.53 bits per heavy atom. The Morgan fingerprint density at radius 2 is 1.84 bits per heavy atom. The molecule has 0 aliphatic heterocycles. The molecule has 100 valence electrons. The van der Waals surface area contributed by atoms with Crippen LogP contribution in [0.2, 0.25) is 0 Å². The summed E-state index contributed by atoms with van der Waals surface area (Å²) in [5.74, 6) is 0.706. The smallest absolute Gasteiger partial charge is 0.306 e. The zero-order valence-electron chi connectivity index (χ0n) is 11.3. The summed E-state index contributed by atoms with van der Waals surface area (Å²) in [6, 6.07) is 12.0. The summed E-state index contributed by atoms with van der Waals surface area (Å²) in [6.45, 7) is 2.25. The van der Waals surface area contributed by atoms with Gasteiger partial charge >= 0.3 is 5.97 Å². The van der Waals surface area contributed by atoms with Crippen molar-refractivity contribution in [3.05, 3.63) is 42.0 Å². The molecule has 0 saturated heterocycles. The number of rotatable bonds is 5. The summed E-state index contributed by atoms with van der Waals surface area (Å²) in [6.07, 6.45) is 1.09. The SMILES string of the molecule is CCOC(=O)CCc1ccc(OC)c2ccccc12. The van der Waals surface area contributed by atoms with Crippen molar-refractivity contribution >= 4 is 16.7 Å². The number of esters is 1. The standard InChI is InChI=1S/C16H18O3/c1-3-19-16(17)11-9-12-8-10-15(18-2)14-7-5-4-6-13(12)14/h4-8,10H,3,9,11H2,1-2H3. The fourth-order valence-electron chi connectivity index (χ4n) is 2.20. The highest BCUT2D eigenvalue weighted by Gasteiger charge is 2.08. The summed E-state index contributed by atoms with van der Waals surface area (Å²) < 4.78 is 10.3. The fraction of sp³-hybridized carbons (Fsp3) is 0.312. The largest absolute Gasteiger partial charge is 0.496 e. The summed E-state index contributed by atoms with van der Waals surface area (Å²) in [5.41, 5.74) is 1.14. The molecule has 2 aromatic carbocycles. The molecule has 2 aromatic rings. The van der Waals surface area contributed by atoms with E-state index in [1.807, 2.05) is 37.3 Å². The molecule has 0 saturated carbocycles. The lowest BCUT2D eigenvalue weighted by atomic mass is 10.0. The molecule has 0 aliphatic carbocycles. The summed E-state index contributed by atoms with van der Waals surface area (Å²) in [7, 11) is 1.67. The van der Waals surface area contributed by atoms with Crippen LogP contribution in [-0.4, -0.2) is 19.7 Å². The van der Waals surface area contributed by atoms with E-state index in [0.717, 1.165) is 22.1 Å². The quantitative estimate of drug-likeness (QED) is 0.771.